The summed E-state index contributed by atoms with van der Waals surface area (Å²) in [5, 5.41) is 22.2. The second-order valence-electron chi connectivity index (χ2n) is 6.43. The maximum Gasteiger partial charge on any atom is 0.259 e. The van der Waals surface area contributed by atoms with Gasteiger partial charge in [0.15, 0.2) is 0 Å². The summed E-state index contributed by atoms with van der Waals surface area (Å²) in [6.45, 7) is 3.94. The molecule has 0 aromatic heterocycles. The number of rotatable bonds is 7. The third-order valence-corrected chi connectivity index (χ3v) is 4.40. The number of carbonyl (C=O) groups is 1. The number of likely N-dealkylation sites (tertiary alicyclic amines) is 1. The van der Waals surface area contributed by atoms with Gasteiger partial charge in [-0.3, -0.25) is 4.79 Å². The van der Waals surface area contributed by atoms with E-state index in [0.29, 0.717) is 18.0 Å². The summed E-state index contributed by atoms with van der Waals surface area (Å²) in [5.41, 5.74) is 0.606. The molecule has 0 radical (unpaired) electrons. The number of phenolic OH excluding ortho intramolecular Hbond substituents is 2. The van der Waals surface area contributed by atoms with Crippen LogP contribution in [0.5, 0.6) is 17.2 Å². The SMILES string of the molecule is O=C(Nc1cccc(O)c1)c1ccc(OCCCN2CCCC2)cc1O. The molecule has 0 aliphatic carbocycles. The highest BCUT2D eigenvalue weighted by Crippen LogP contribution is 2.25. The first-order valence-corrected chi connectivity index (χ1v) is 8.90. The third-order valence-electron chi connectivity index (χ3n) is 4.40. The van der Waals surface area contributed by atoms with Crippen LogP contribution in [0.4, 0.5) is 5.69 Å². The number of aromatic hydroxyl groups is 2. The van der Waals surface area contributed by atoms with Crippen molar-refractivity contribution in [2.45, 2.75) is 19.3 Å². The molecule has 1 saturated heterocycles. The lowest BCUT2D eigenvalue weighted by molar-refractivity contribution is 0.102. The fourth-order valence-corrected chi connectivity index (χ4v) is 3.06. The lowest BCUT2D eigenvalue weighted by atomic mass is 10.1. The van der Waals surface area contributed by atoms with Crippen LogP contribution in [0.2, 0.25) is 0 Å². The van der Waals surface area contributed by atoms with Gasteiger partial charge in [0.05, 0.1) is 12.2 Å². The largest absolute Gasteiger partial charge is 0.508 e. The molecule has 3 N–H and O–H groups in total. The van der Waals surface area contributed by atoms with Gasteiger partial charge in [-0.1, -0.05) is 6.07 Å². The molecule has 0 spiro atoms. The van der Waals surface area contributed by atoms with E-state index >= 15 is 0 Å². The van der Waals surface area contributed by atoms with Crippen LogP contribution >= 0.6 is 0 Å². The summed E-state index contributed by atoms with van der Waals surface area (Å²) >= 11 is 0. The van der Waals surface area contributed by atoms with Crippen LogP contribution in [-0.4, -0.2) is 47.3 Å². The molecule has 26 heavy (non-hydrogen) atoms. The zero-order valence-corrected chi connectivity index (χ0v) is 14.6. The van der Waals surface area contributed by atoms with Crippen LogP contribution in [0, 0.1) is 0 Å². The first kappa shape index (κ1) is 18.1. The van der Waals surface area contributed by atoms with E-state index in [0.717, 1.165) is 13.0 Å². The smallest absolute Gasteiger partial charge is 0.259 e. The first-order chi connectivity index (χ1) is 12.6. The number of anilines is 1. The monoisotopic (exact) mass is 356 g/mol. The number of benzene rings is 2. The number of amides is 1. The standard InChI is InChI=1S/C20H24N2O4/c23-16-6-3-5-15(13-16)21-20(25)18-8-7-17(14-19(18)24)26-12-4-11-22-9-1-2-10-22/h3,5-8,13-14,23-24H,1-2,4,9-12H2,(H,21,25). The highest BCUT2D eigenvalue weighted by Gasteiger charge is 2.13. The molecule has 1 aliphatic rings. The Hall–Kier alpha value is -2.73. The molecule has 6 heteroatoms. The number of hydrogen-bond acceptors (Lipinski definition) is 5. The van der Waals surface area contributed by atoms with Crippen molar-refractivity contribution < 1.29 is 19.7 Å². The van der Waals surface area contributed by atoms with Crippen molar-refractivity contribution in [3.05, 3.63) is 48.0 Å². The van der Waals surface area contributed by atoms with Crippen molar-refractivity contribution in [3.8, 4) is 17.2 Å². The zero-order valence-electron chi connectivity index (χ0n) is 14.6. The van der Waals surface area contributed by atoms with E-state index in [1.165, 1.54) is 50.2 Å². The average molecular weight is 356 g/mol. The molecule has 6 nitrogen and oxygen atoms in total. The van der Waals surface area contributed by atoms with Crippen LogP contribution in [0.1, 0.15) is 29.6 Å². The molecular weight excluding hydrogens is 332 g/mol. The van der Waals surface area contributed by atoms with E-state index in [1.54, 1.807) is 18.2 Å². The number of hydrogen-bond donors (Lipinski definition) is 3. The number of carbonyl (C=O) groups excluding carboxylic acids is 1. The van der Waals surface area contributed by atoms with E-state index in [2.05, 4.69) is 10.2 Å². The molecule has 2 aromatic rings. The molecule has 0 atom stereocenters. The van der Waals surface area contributed by atoms with Crippen molar-refractivity contribution in [2.75, 3.05) is 31.6 Å². The fourth-order valence-electron chi connectivity index (χ4n) is 3.06. The van der Waals surface area contributed by atoms with E-state index in [1.807, 2.05) is 0 Å². The van der Waals surface area contributed by atoms with Gasteiger partial charge in [-0.05, 0) is 56.6 Å². The Labute approximate surface area is 153 Å². The van der Waals surface area contributed by atoms with Crippen LogP contribution in [0.3, 0.4) is 0 Å². The summed E-state index contributed by atoms with van der Waals surface area (Å²) in [6, 6.07) is 10.9. The number of phenols is 2. The summed E-state index contributed by atoms with van der Waals surface area (Å²) in [7, 11) is 0. The van der Waals surface area contributed by atoms with E-state index < -0.39 is 5.91 Å². The van der Waals surface area contributed by atoms with Crippen LogP contribution in [0.25, 0.3) is 0 Å². The average Bonchev–Trinajstić information content (AvgIpc) is 3.12. The van der Waals surface area contributed by atoms with Crippen molar-refractivity contribution in [1.82, 2.24) is 4.90 Å². The summed E-state index contributed by atoms with van der Waals surface area (Å²) in [4.78, 5) is 14.7. The third kappa shape index (κ3) is 4.89. The van der Waals surface area contributed by atoms with Gasteiger partial charge in [-0.15, -0.1) is 0 Å². The molecule has 1 heterocycles. The molecule has 0 bridgehead atoms. The zero-order chi connectivity index (χ0) is 18.4. The molecule has 0 unspecified atom stereocenters. The Morgan fingerprint density at radius 2 is 1.92 bits per heavy atom. The minimum Gasteiger partial charge on any atom is -0.508 e. The number of nitrogens with zero attached hydrogens (tertiary/aromatic N) is 1. The molecule has 0 saturated carbocycles. The van der Waals surface area contributed by atoms with Gasteiger partial charge < -0.3 is 25.2 Å². The summed E-state index contributed by atoms with van der Waals surface area (Å²) in [6.07, 6.45) is 3.49. The van der Waals surface area contributed by atoms with E-state index in [-0.39, 0.29) is 17.1 Å². The Kier molecular flexibility index (Phi) is 5.96. The predicted octanol–water partition coefficient (Wildman–Crippen LogP) is 3.21. The molecular formula is C20H24N2O4. The first-order valence-electron chi connectivity index (χ1n) is 8.90. The van der Waals surface area contributed by atoms with E-state index in [4.69, 9.17) is 4.74 Å². The van der Waals surface area contributed by atoms with Gasteiger partial charge in [-0.2, -0.15) is 0 Å². The molecule has 3 rings (SSSR count). The predicted molar refractivity (Wildman–Crippen MR) is 100.0 cm³/mol. The molecule has 138 valence electrons. The maximum absolute atomic E-state index is 12.3. The second kappa shape index (κ2) is 8.58. The topological polar surface area (TPSA) is 82.0 Å². The molecule has 1 fully saturated rings. The van der Waals surface area contributed by atoms with E-state index in [9.17, 15) is 15.0 Å². The number of nitrogens with one attached hydrogen (secondary N) is 1. The van der Waals surface area contributed by atoms with Gasteiger partial charge in [0.2, 0.25) is 0 Å². The Morgan fingerprint density at radius 1 is 1.12 bits per heavy atom. The maximum atomic E-state index is 12.3. The molecule has 2 aromatic carbocycles. The van der Waals surface area contributed by atoms with Gasteiger partial charge >= 0.3 is 0 Å². The lowest BCUT2D eigenvalue weighted by Gasteiger charge is -2.14. The lowest BCUT2D eigenvalue weighted by Crippen LogP contribution is -2.21. The van der Waals surface area contributed by atoms with Crippen LogP contribution in [0.15, 0.2) is 42.5 Å². The Morgan fingerprint density at radius 3 is 2.65 bits per heavy atom. The van der Waals surface area contributed by atoms with Crippen LogP contribution < -0.4 is 10.1 Å². The normalized spacial score (nSPS) is 14.3. The Bertz CT molecular complexity index is 757. The van der Waals surface area contributed by atoms with Gasteiger partial charge in [0.1, 0.15) is 17.2 Å². The molecule has 1 amide bonds. The van der Waals surface area contributed by atoms with Crippen molar-refractivity contribution in [2.24, 2.45) is 0 Å². The fraction of sp³-hybridized carbons (Fsp3) is 0.350. The minimum atomic E-state index is -0.450. The summed E-state index contributed by atoms with van der Waals surface area (Å²) < 4.78 is 5.66. The summed E-state index contributed by atoms with van der Waals surface area (Å²) in [5.74, 6) is 0.0101. The van der Waals surface area contributed by atoms with Crippen molar-refractivity contribution >= 4 is 11.6 Å². The highest BCUT2D eigenvalue weighted by atomic mass is 16.5. The van der Waals surface area contributed by atoms with Gasteiger partial charge in [0, 0.05) is 24.4 Å². The highest BCUT2D eigenvalue weighted by molar-refractivity contribution is 6.06. The molecule has 1 aliphatic heterocycles. The van der Waals surface area contributed by atoms with Crippen molar-refractivity contribution in [1.29, 1.82) is 0 Å². The second-order valence-corrected chi connectivity index (χ2v) is 6.43. The van der Waals surface area contributed by atoms with Gasteiger partial charge in [0.25, 0.3) is 5.91 Å². The quantitative estimate of drug-likeness (QED) is 0.664. The van der Waals surface area contributed by atoms with Crippen LogP contribution in [-0.2, 0) is 0 Å². The van der Waals surface area contributed by atoms with Gasteiger partial charge in [-0.25, -0.2) is 0 Å². The Balaban J connectivity index is 1.52. The van der Waals surface area contributed by atoms with Crippen molar-refractivity contribution in [3.63, 3.8) is 0 Å². The minimum absolute atomic E-state index is 0.0599. The number of ether oxygens (including phenoxy) is 1.